The van der Waals surface area contributed by atoms with E-state index in [1.807, 2.05) is 48.5 Å². The molecule has 146 valence electrons. The van der Waals surface area contributed by atoms with Crippen molar-refractivity contribution < 1.29 is 19.4 Å². The van der Waals surface area contributed by atoms with Gasteiger partial charge in [0.1, 0.15) is 6.10 Å². The molecule has 0 saturated carbocycles. The van der Waals surface area contributed by atoms with E-state index >= 15 is 0 Å². The number of amides is 1. The van der Waals surface area contributed by atoms with Crippen LogP contribution in [-0.2, 0) is 17.8 Å². The molecule has 1 heterocycles. The van der Waals surface area contributed by atoms with Gasteiger partial charge in [-0.3, -0.25) is 4.79 Å². The Morgan fingerprint density at radius 1 is 1.04 bits per heavy atom. The highest BCUT2D eigenvalue weighted by Gasteiger charge is 2.13. The lowest BCUT2D eigenvalue weighted by Crippen LogP contribution is -2.24. The SMILES string of the molecule is COc1ccc(CC(=O)NCc2ccc(C(O)c3ccccc3)s2)cc1OC. The third-order valence-corrected chi connectivity index (χ3v) is 5.48. The molecule has 5 nitrogen and oxygen atoms in total. The molecule has 0 aliphatic carbocycles. The molecule has 6 heteroatoms. The molecule has 1 unspecified atom stereocenters. The molecular formula is C22H23NO4S. The van der Waals surface area contributed by atoms with E-state index in [0.717, 1.165) is 20.9 Å². The number of methoxy groups -OCH3 is 2. The molecule has 1 amide bonds. The van der Waals surface area contributed by atoms with Crippen LogP contribution in [0.1, 0.15) is 27.0 Å². The molecule has 0 aliphatic rings. The van der Waals surface area contributed by atoms with Crippen LogP contribution in [0.2, 0.25) is 0 Å². The lowest BCUT2D eigenvalue weighted by atomic mass is 10.1. The second-order valence-electron chi connectivity index (χ2n) is 6.26. The predicted molar refractivity (Wildman–Crippen MR) is 110 cm³/mol. The van der Waals surface area contributed by atoms with Crippen LogP contribution in [0.15, 0.2) is 60.7 Å². The maximum absolute atomic E-state index is 12.3. The quantitative estimate of drug-likeness (QED) is 0.608. The minimum Gasteiger partial charge on any atom is -0.493 e. The Kier molecular flexibility index (Phi) is 6.68. The lowest BCUT2D eigenvalue weighted by molar-refractivity contribution is -0.120. The molecule has 0 fully saturated rings. The van der Waals surface area contributed by atoms with Gasteiger partial charge in [0.25, 0.3) is 0 Å². The van der Waals surface area contributed by atoms with Gasteiger partial charge in [-0.05, 0) is 35.4 Å². The van der Waals surface area contributed by atoms with Crippen molar-refractivity contribution in [2.45, 2.75) is 19.1 Å². The summed E-state index contributed by atoms with van der Waals surface area (Å²) >= 11 is 1.49. The predicted octanol–water partition coefficient (Wildman–Crippen LogP) is 3.71. The summed E-state index contributed by atoms with van der Waals surface area (Å²) in [7, 11) is 3.15. The van der Waals surface area contributed by atoms with Crippen molar-refractivity contribution in [3.05, 3.63) is 81.5 Å². The Labute approximate surface area is 168 Å². The van der Waals surface area contributed by atoms with Gasteiger partial charge in [0.2, 0.25) is 5.91 Å². The van der Waals surface area contributed by atoms with Crippen molar-refractivity contribution >= 4 is 17.2 Å². The van der Waals surface area contributed by atoms with Crippen molar-refractivity contribution in [2.24, 2.45) is 0 Å². The third kappa shape index (κ3) is 4.91. The lowest BCUT2D eigenvalue weighted by Gasteiger charge is -2.10. The molecule has 0 spiro atoms. The highest BCUT2D eigenvalue weighted by Crippen LogP contribution is 2.29. The van der Waals surface area contributed by atoms with E-state index < -0.39 is 6.10 Å². The number of hydrogen-bond acceptors (Lipinski definition) is 5. The molecule has 2 N–H and O–H groups in total. The largest absolute Gasteiger partial charge is 0.493 e. The van der Waals surface area contributed by atoms with Gasteiger partial charge in [0, 0.05) is 9.75 Å². The smallest absolute Gasteiger partial charge is 0.224 e. The summed E-state index contributed by atoms with van der Waals surface area (Å²) in [6.45, 7) is 0.429. The van der Waals surface area contributed by atoms with Crippen LogP contribution < -0.4 is 14.8 Å². The number of carbonyl (C=O) groups is 1. The van der Waals surface area contributed by atoms with Gasteiger partial charge in [0.05, 0.1) is 27.2 Å². The average molecular weight is 397 g/mol. The fraction of sp³-hybridized carbons (Fsp3) is 0.227. The summed E-state index contributed by atoms with van der Waals surface area (Å²) in [6, 6.07) is 18.8. The first-order chi connectivity index (χ1) is 13.6. The van der Waals surface area contributed by atoms with Gasteiger partial charge in [-0.1, -0.05) is 36.4 Å². The maximum Gasteiger partial charge on any atom is 0.224 e. The number of carbonyl (C=O) groups excluding carboxylic acids is 1. The van der Waals surface area contributed by atoms with Gasteiger partial charge < -0.3 is 19.9 Å². The van der Waals surface area contributed by atoms with Crippen LogP contribution in [-0.4, -0.2) is 25.2 Å². The second kappa shape index (κ2) is 9.39. The van der Waals surface area contributed by atoms with Gasteiger partial charge in [-0.15, -0.1) is 11.3 Å². The molecule has 3 rings (SSSR count). The average Bonchev–Trinajstić information content (AvgIpc) is 3.21. The summed E-state index contributed by atoms with van der Waals surface area (Å²) < 4.78 is 10.5. The molecule has 0 radical (unpaired) electrons. The Balaban J connectivity index is 1.56. The van der Waals surface area contributed by atoms with Gasteiger partial charge in [-0.2, -0.15) is 0 Å². The zero-order chi connectivity index (χ0) is 19.9. The van der Waals surface area contributed by atoms with Gasteiger partial charge in [0.15, 0.2) is 11.5 Å². The van der Waals surface area contributed by atoms with Crippen LogP contribution >= 0.6 is 11.3 Å². The Morgan fingerprint density at radius 2 is 1.79 bits per heavy atom. The number of aliphatic hydroxyl groups excluding tert-OH is 1. The number of rotatable bonds is 8. The first-order valence-electron chi connectivity index (χ1n) is 8.90. The monoisotopic (exact) mass is 397 g/mol. The number of benzene rings is 2. The van der Waals surface area contributed by atoms with Crippen molar-refractivity contribution in [3.8, 4) is 11.5 Å². The van der Waals surface area contributed by atoms with Crippen LogP contribution in [0, 0.1) is 0 Å². The van der Waals surface area contributed by atoms with Gasteiger partial charge in [-0.25, -0.2) is 0 Å². The fourth-order valence-corrected chi connectivity index (χ4v) is 3.83. The molecule has 0 aliphatic heterocycles. The third-order valence-electron chi connectivity index (χ3n) is 4.34. The minimum atomic E-state index is -0.651. The Bertz CT molecular complexity index is 923. The summed E-state index contributed by atoms with van der Waals surface area (Å²) in [5.41, 5.74) is 1.70. The second-order valence-corrected chi connectivity index (χ2v) is 7.46. The van der Waals surface area contributed by atoms with Gasteiger partial charge >= 0.3 is 0 Å². The minimum absolute atomic E-state index is 0.0780. The fourth-order valence-electron chi connectivity index (χ4n) is 2.86. The number of thiophene rings is 1. The van der Waals surface area contributed by atoms with E-state index in [4.69, 9.17) is 9.47 Å². The van der Waals surface area contributed by atoms with Crippen molar-refractivity contribution in [1.82, 2.24) is 5.32 Å². The number of aliphatic hydroxyl groups is 1. The first kappa shape index (κ1) is 19.9. The van der Waals surface area contributed by atoms with E-state index in [1.165, 1.54) is 11.3 Å². The van der Waals surface area contributed by atoms with E-state index in [0.29, 0.717) is 18.0 Å². The van der Waals surface area contributed by atoms with Crippen molar-refractivity contribution in [1.29, 1.82) is 0 Å². The summed E-state index contributed by atoms with van der Waals surface area (Å²) in [6.07, 6.45) is -0.395. The zero-order valence-corrected chi connectivity index (χ0v) is 16.7. The van der Waals surface area contributed by atoms with E-state index in [-0.39, 0.29) is 12.3 Å². The molecule has 1 aromatic heterocycles. The first-order valence-corrected chi connectivity index (χ1v) is 9.71. The molecule has 1 atom stereocenters. The molecule has 0 bridgehead atoms. The van der Waals surface area contributed by atoms with Crippen molar-refractivity contribution in [2.75, 3.05) is 14.2 Å². The standard InChI is InChI=1S/C22H23NO4S/c1-26-18-10-8-15(12-19(18)27-2)13-21(24)23-14-17-9-11-20(28-17)22(25)16-6-4-3-5-7-16/h3-12,22,25H,13-14H2,1-2H3,(H,23,24). The number of nitrogens with one attached hydrogen (secondary N) is 1. The summed E-state index contributed by atoms with van der Waals surface area (Å²) in [5.74, 6) is 1.16. The highest BCUT2D eigenvalue weighted by molar-refractivity contribution is 7.12. The summed E-state index contributed by atoms with van der Waals surface area (Å²) in [4.78, 5) is 14.1. The number of hydrogen-bond donors (Lipinski definition) is 2. The molecule has 3 aromatic rings. The molecule has 2 aromatic carbocycles. The highest BCUT2D eigenvalue weighted by atomic mass is 32.1. The van der Waals surface area contributed by atoms with Crippen LogP contribution in [0.4, 0.5) is 0 Å². The van der Waals surface area contributed by atoms with E-state index in [2.05, 4.69) is 5.32 Å². The summed E-state index contributed by atoms with van der Waals surface area (Å²) in [5, 5.41) is 13.4. The maximum atomic E-state index is 12.3. The molecule has 28 heavy (non-hydrogen) atoms. The van der Waals surface area contributed by atoms with Crippen LogP contribution in [0.3, 0.4) is 0 Å². The van der Waals surface area contributed by atoms with Crippen LogP contribution in [0.25, 0.3) is 0 Å². The number of ether oxygens (including phenoxy) is 2. The van der Waals surface area contributed by atoms with E-state index in [1.54, 1.807) is 26.4 Å². The molecular weight excluding hydrogens is 374 g/mol. The zero-order valence-electron chi connectivity index (χ0n) is 15.8. The van der Waals surface area contributed by atoms with Crippen molar-refractivity contribution in [3.63, 3.8) is 0 Å². The van der Waals surface area contributed by atoms with E-state index in [9.17, 15) is 9.90 Å². The topological polar surface area (TPSA) is 67.8 Å². The molecule has 0 saturated heterocycles. The Hall–Kier alpha value is -2.83. The van der Waals surface area contributed by atoms with Crippen LogP contribution in [0.5, 0.6) is 11.5 Å². The normalized spacial score (nSPS) is 11.7. The Morgan fingerprint density at radius 3 is 2.50 bits per heavy atom.